The second-order valence-electron chi connectivity index (χ2n) is 3.42. The van der Waals surface area contributed by atoms with Gasteiger partial charge in [0.05, 0.1) is 20.1 Å². The first-order valence-corrected chi connectivity index (χ1v) is 6.60. The Bertz CT molecular complexity index is 401. The lowest BCUT2D eigenvalue weighted by molar-refractivity contribution is -0.140. The Morgan fingerprint density at radius 2 is 2.28 bits per heavy atom. The Hall–Kier alpha value is -1.50. The molecule has 1 aromatic rings. The fourth-order valence-electron chi connectivity index (χ4n) is 1.13. The van der Waals surface area contributed by atoms with E-state index in [0.29, 0.717) is 35.4 Å². The molecule has 1 rings (SSSR count). The van der Waals surface area contributed by atoms with Crippen molar-refractivity contribution in [2.24, 2.45) is 0 Å². The minimum atomic E-state index is -0.252. The van der Waals surface area contributed by atoms with E-state index in [-0.39, 0.29) is 5.97 Å². The molecule has 7 heteroatoms. The van der Waals surface area contributed by atoms with Crippen LogP contribution in [0.4, 0.5) is 5.69 Å². The summed E-state index contributed by atoms with van der Waals surface area (Å²) in [6.07, 6.45) is 2.60. The normalized spacial score (nSPS) is 10.1. The summed E-state index contributed by atoms with van der Waals surface area (Å²) in [5, 5.41) is 0.625. The fourth-order valence-corrected chi connectivity index (χ4v) is 1.95. The summed E-state index contributed by atoms with van der Waals surface area (Å²) >= 11 is 1.38. The van der Waals surface area contributed by atoms with Gasteiger partial charge in [-0.25, -0.2) is 4.98 Å². The Labute approximate surface area is 110 Å². The van der Waals surface area contributed by atoms with Gasteiger partial charge in [0.25, 0.3) is 0 Å². The molecule has 1 aromatic heterocycles. The van der Waals surface area contributed by atoms with Crippen LogP contribution in [0.1, 0.15) is 19.8 Å². The van der Waals surface area contributed by atoms with Crippen molar-refractivity contribution in [2.45, 2.75) is 24.8 Å². The number of ether oxygens (including phenoxy) is 2. The Morgan fingerprint density at radius 1 is 1.50 bits per heavy atom. The van der Waals surface area contributed by atoms with E-state index in [9.17, 15) is 4.79 Å². The molecule has 0 spiro atoms. The highest BCUT2D eigenvalue weighted by atomic mass is 32.2. The lowest BCUT2D eigenvalue weighted by Crippen LogP contribution is -2.05. The lowest BCUT2D eigenvalue weighted by atomic mass is 10.5. The number of aromatic nitrogens is 2. The Kier molecular flexibility index (Phi) is 6.27. The second-order valence-corrected chi connectivity index (χ2v) is 4.50. The maximum atomic E-state index is 11.0. The Morgan fingerprint density at radius 3 is 2.94 bits per heavy atom. The summed E-state index contributed by atoms with van der Waals surface area (Å²) in [5.41, 5.74) is 6.30. The van der Waals surface area contributed by atoms with E-state index in [1.165, 1.54) is 25.2 Å². The molecule has 0 unspecified atom stereocenters. The van der Waals surface area contributed by atoms with Crippen molar-refractivity contribution in [1.29, 1.82) is 0 Å². The number of esters is 1. The maximum Gasteiger partial charge on any atom is 0.306 e. The van der Waals surface area contributed by atoms with Gasteiger partial charge in [0.15, 0.2) is 0 Å². The molecule has 0 atom stereocenters. The average molecular weight is 271 g/mol. The average Bonchev–Trinajstić information content (AvgIpc) is 2.39. The molecule has 100 valence electrons. The van der Waals surface area contributed by atoms with Crippen molar-refractivity contribution in [2.75, 3.05) is 25.2 Å². The number of nitrogen functional groups attached to an aromatic ring is 1. The molecule has 0 aliphatic heterocycles. The predicted octanol–water partition coefficient (Wildman–Crippen LogP) is 1.50. The highest BCUT2D eigenvalue weighted by Crippen LogP contribution is 2.29. The highest BCUT2D eigenvalue weighted by Gasteiger charge is 2.10. The van der Waals surface area contributed by atoms with Gasteiger partial charge in [-0.3, -0.25) is 4.79 Å². The number of carbonyl (C=O) groups excluding carboxylic acids is 1. The van der Waals surface area contributed by atoms with Gasteiger partial charge in [0, 0.05) is 5.75 Å². The second kappa shape index (κ2) is 7.75. The van der Waals surface area contributed by atoms with Crippen LogP contribution in [0.15, 0.2) is 11.4 Å². The van der Waals surface area contributed by atoms with Crippen LogP contribution in [-0.2, 0) is 9.53 Å². The largest absolute Gasteiger partial charge is 0.476 e. The molecule has 0 aliphatic rings. The predicted molar refractivity (Wildman–Crippen MR) is 69.6 cm³/mol. The molecule has 6 nitrogen and oxygen atoms in total. The number of methoxy groups -OCH3 is 1. The van der Waals surface area contributed by atoms with Crippen LogP contribution in [0.3, 0.4) is 0 Å². The molecule has 1 heterocycles. The molecule has 0 aliphatic carbocycles. The molecule has 2 N–H and O–H groups in total. The summed E-state index contributed by atoms with van der Waals surface area (Å²) in [6, 6.07) is 0. The first-order chi connectivity index (χ1) is 8.69. The van der Waals surface area contributed by atoms with E-state index in [1.54, 1.807) is 0 Å². The van der Waals surface area contributed by atoms with Gasteiger partial charge >= 0.3 is 5.97 Å². The van der Waals surface area contributed by atoms with Crippen molar-refractivity contribution in [3.8, 4) is 5.88 Å². The molecule has 0 aromatic carbocycles. The molecule has 0 fully saturated rings. The van der Waals surface area contributed by atoms with Crippen LogP contribution in [0.5, 0.6) is 5.88 Å². The molecular formula is C11H17N3O3S. The number of nitrogens with zero attached hydrogens (tertiary/aromatic N) is 2. The molecular weight excluding hydrogens is 254 g/mol. The maximum absolute atomic E-state index is 11.0. The SMILES string of the molecule is CCCOc1ncnc(SCCC(=O)OC)c1N. The summed E-state index contributed by atoms with van der Waals surface area (Å²) in [7, 11) is 1.36. The van der Waals surface area contributed by atoms with Gasteiger partial charge in [-0.05, 0) is 6.42 Å². The summed E-state index contributed by atoms with van der Waals surface area (Å²) in [5.74, 6) is 0.700. The van der Waals surface area contributed by atoms with Crippen LogP contribution in [0.2, 0.25) is 0 Å². The lowest BCUT2D eigenvalue weighted by Gasteiger charge is -2.09. The van der Waals surface area contributed by atoms with E-state index in [1.807, 2.05) is 6.92 Å². The molecule has 18 heavy (non-hydrogen) atoms. The van der Waals surface area contributed by atoms with Crippen LogP contribution in [0.25, 0.3) is 0 Å². The Balaban J connectivity index is 2.57. The third kappa shape index (κ3) is 4.40. The van der Waals surface area contributed by atoms with Crippen LogP contribution in [-0.4, -0.2) is 35.4 Å². The van der Waals surface area contributed by atoms with Crippen molar-refractivity contribution in [3.63, 3.8) is 0 Å². The zero-order chi connectivity index (χ0) is 13.4. The van der Waals surface area contributed by atoms with Gasteiger partial charge in [-0.15, -0.1) is 11.8 Å². The third-order valence-electron chi connectivity index (χ3n) is 2.03. The topological polar surface area (TPSA) is 87.3 Å². The summed E-state index contributed by atoms with van der Waals surface area (Å²) in [4.78, 5) is 19.0. The number of hydrogen-bond donors (Lipinski definition) is 1. The minimum Gasteiger partial charge on any atom is -0.476 e. The zero-order valence-electron chi connectivity index (χ0n) is 10.5. The van der Waals surface area contributed by atoms with E-state index in [0.717, 1.165) is 6.42 Å². The van der Waals surface area contributed by atoms with Gasteiger partial charge < -0.3 is 15.2 Å². The van der Waals surface area contributed by atoms with Gasteiger partial charge in [-0.1, -0.05) is 6.92 Å². The molecule has 0 saturated carbocycles. The monoisotopic (exact) mass is 271 g/mol. The quantitative estimate of drug-likeness (QED) is 0.457. The number of thioether (sulfide) groups is 1. The van der Waals surface area contributed by atoms with E-state index in [2.05, 4.69) is 14.7 Å². The van der Waals surface area contributed by atoms with Crippen LogP contribution in [0, 0.1) is 0 Å². The summed E-state index contributed by atoms with van der Waals surface area (Å²) < 4.78 is 9.95. The highest BCUT2D eigenvalue weighted by molar-refractivity contribution is 7.99. The molecule has 0 bridgehead atoms. The van der Waals surface area contributed by atoms with Crippen molar-refractivity contribution in [1.82, 2.24) is 9.97 Å². The van der Waals surface area contributed by atoms with E-state index >= 15 is 0 Å². The zero-order valence-corrected chi connectivity index (χ0v) is 11.3. The van der Waals surface area contributed by atoms with Crippen LogP contribution >= 0.6 is 11.8 Å². The first kappa shape index (κ1) is 14.6. The van der Waals surface area contributed by atoms with Crippen LogP contribution < -0.4 is 10.5 Å². The van der Waals surface area contributed by atoms with Crippen molar-refractivity contribution in [3.05, 3.63) is 6.33 Å². The first-order valence-electron chi connectivity index (χ1n) is 5.62. The van der Waals surface area contributed by atoms with E-state index in [4.69, 9.17) is 10.5 Å². The number of rotatable bonds is 7. The van der Waals surface area contributed by atoms with E-state index < -0.39 is 0 Å². The molecule has 0 radical (unpaired) electrons. The molecule has 0 amide bonds. The third-order valence-corrected chi connectivity index (χ3v) is 3.03. The van der Waals surface area contributed by atoms with Gasteiger partial charge in [-0.2, -0.15) is 4.98 Å². The number of hydrogen-bond acceptors (Lipinski definition) is 7. The standard InChI is InChI=1S/C11H17N3O3S/c1-3-5-17-10-9(12)11(14-7-13-10)18-6-4-8(15)16-2/h7H,3-6,12H2,1-2H3. The number of anilines is 1. The minimum absolute atomic E-state index is 0.252. The smallest absolute Gasteiger partial charge is 0.306 e. The fraction of sp³-hybridized carbons (Fsp3) is 0.545. The van der Waals surface area contributed by atoms with Gasteiger partial charge in [0.1, 0.15) is 17.0 Å². The van der Waals surface area contributed by atoms with Gasteiger partial charge in [0.2, 0.25) is 5.88 Å². The van der Waals surface area contributed by atoms with Crippen molar-refractivity contribution >= 4 is 23.4 Å². The molecule has 0 saturated heterocycles. The number of carbonyl (C=O) groups is 1. The summed E-state index contributed by atoms with van der Waals surface area (Å²) in [6.45, 7) is 2.57. The number of nitrogens with two attached hydrogens (primary N) is 1. The van der Waals surface area contributed by atoms with Crippen molar-refractivity contribution < 1.29 is 14.3 Å².